The molecule has 9 heteroatoms. The van der Waals surface area contributed by atoms with E-state index in [1.54, 1.807) is 48.2 Å². The molecule has 1 aromatic heterocycles. The van der Waals surface area contributed by atoms with Gasteiger partial charge in [-0.15, -0.1) is 0 Å². The fraction of sp³-hybridized carbons (Fsp3) is 0.192. The van der Waals surface area contributed by atoms with Gasteiger partial charge in [-0.3, -0.25) is 19.7 Å². The third kappa shape index (κ3) is 4.12. The molecule has 0 atom stereocenters. The maximum absolute atomic E-state index is 13.2. The van der Waals surface area contributed by atoms with Crippen LogP contribution in [0, 0.1) is 17.0 Å². The molecule has 0 spiro atoms. The normalized spacial score (nSPS) is 13.7. The van der Waals surface area contributed by atoms with Crippen molar-refractivity contribution >= 4 is 28.1 Å². The second kappa shape index (κ2) is 9.02. The van der Waals surface area contributed by atoms with E-state index in [0.717, 1.165) is 10.4 Å². The van der Waals surface area contributed by atoms with Crippen molar-refractivity contribution in [3.05, 3.63) is 105 Å². The third-order valence-corrected chi connectivity index (χ3v) is 6.33. The Labute approximate surface area is 201 Å². The summed E-state index contributed by atoms with van der Waals surface area (Å²) in [5.74, 6) is -0.0166. The van der Waals surface area contributed by atoms with Gasteiger partial charge in [0.15, 0.2) is 0 Å². The monoisotopic (exact) mass is 469 g/mol. The number of carbonyl (C=O) groups excluding carboxylic acids is 1. The maximum Gasteiger partial charge on any atom is 0.295 e. The SMILES string of the molecule is Cc1nn(-c2cc(N3CCN(C(=O)c4ccccc4)CC3)ccc2[N+](=O)[O-])c(=O)c2ccccc12. The Morgan fingerprint density at radius 2 is 1.57 bits per heavy atom. The molecule has 0 unspecified atom stereocenters. The number of nitro benzene ring substituents is 1. The van der Waals surface area contributed by atoms with Gasteiger partial charge in [-0.2, -0.15) is 9.78 Å². The summed E-state index contributed by atoms with van der Waals surface area (Å²) in [5, 5.41) is 17.4. The van der Waals surface area contributed by atoms with Gasteiger partial charge in [0.25, 0.3) is 17.2 Å². The van der Waals surface area contributed by atoms with Gasteiger partial charge < -0.3 is 9.80 Å². The summed E-state index contributed by atoms with van der Waals surface area (Å²) in [6.45, 7) is 3.95. The Kier molecular flexibility index (Phi) is 5.74. The molecule has 1 fully saturated rings. The number of nitrogens with zero attached hydrogens (tertiary/aromatic N) is 5. The molecular weight excluding hydrogens is 446 g/mol. The lowest BCUT2D eigenvalue weighted by Gasteiger charge is -2.36. The number of benzene rings is 3. The summed E-state index contributed by atoms with van der Waals surface area (Å²) in [6, 6.07) is 21.0. The van der Waals surface area contributed by atoms with Crippen molar-refractivity contribution in [2.75, 3.05) is 31.1 Å². The van der Waals surface area contributed by atoms with Crippen LogP contribution in [0.5, 0.6) is 0 Å². The van der Waals surface area contributed by atoms with Gasteiger partial charge in [-0.25, -0.2) is 0 Å². The molecule has 1 aliphatic rings. The van der Waals surface area contributed by atoms with Crippen LogP contribution in [-0.2, 0) is 0 Å². The molecule has 0 N–H and O–H groups in total. The number of amides is 1. The number of fused-ring (bicyclic) bond motifs is 1. The maximum atomic E-state index is 13.2. The summed E-state index contributed by atoms with van der Waals surface area (Å²) in [5.41, 5.74) is 1.50. The summed E-state index contributed by atoms with van der Waals surface area (Å²) in [7, 11) is 0. The van der Waals surface area contributed by atoms with Crippen LogP contribution in [0.25, 0.3) is 16.5 Å². The van der Waals surface area contributed by atoms with Gasteiger partial charge in [0.2, 0.25) is 0 Å². The minimum Gasteiger partial charge on any atom is -0.368 e. The second-order valence-electron chi connectivity index (χ2n) is 8.42. The van der Waals surface area contributed by atoms with E-state index >= 15 is 0 Å². The van der Waals surface area contributed by atoms with Crippen LogP contribution in [0.15, 0.2) is 77.6 Å². The Balaban J connectivity index is 1.47. The molecule has 1 amide bonds. The summed E-state index contributed by atoms with van der Waals surface area (Å²) < 4.78 is 1.12. The Hall–Kier alpha value is -4.53. The fourth-order valence-electron chi connectivity index (χ4n) is 4.48. The highest BCUT2D eigenvalue weighted by molar-refractivity contribution is 5.94. The molecule has 4 aromatic rings. The standard InChI is InChI=1S/C26H23N5O4/c1-18-21-9-5-6-10-22(21)26(33)30(27-18)24-17-20(11-12-23(24)31(34)35)28-13-15-29(16-14-28)25(32)19-7-3-2-4-8-19/h2-12,17H,13-16H2,1H3. The molecule has 0 bridgehead atoms. The number of piperazine rings is 1. The lowest BCUT2D eigenvalue weighted by molar-refractivity contribution is -0.384. The van der Waals surface area contributed by atoms with Crippen LogP contribution in [0.3, 0.4) is 0 Å². The van der Waals surface area contributed by atoms with Crippen LogP contribution in [0.1, 0.15) is 16.1 Å². The number of hydrogen-bond acceptors (Lipinski definition) is 6. The van der Waals surface area contributed by atoms with Crippen LogP contribution in [0.4, 0.5) is 11.4 Å². The molecule has 0 saturated carbocycles. The lowest BCUT2D eigenvalue weighted by Crippen LogP contribution is -2.48. The van der Waals surface area contributed by atoms with E-state index in [1.807, 2.05) is 30.3 Å². The van der Waals surface area contributed by atoms with Crippen molar-refractivity contribution in [1.29, 1.82) is 0 Å². The average molecular weight is 470 g/mol. The molecule has 5 rings (SSSR count). The predicted octanol–water partition coefficient (Wildman–Crippen LogP) is 3.56. The molecule has 35 heavy (non-hydrogen) atoms. The molecule has 1 aliphatic heterocycles. The molecule has 2 heterocycles. The van der Waals surface area contributed by atoms with Gasteiger partial charge in [-0.1, -0.05) is 36.4 Å². The topological polar surface area (TPSA) is 102 Å². The number of aromatic nitrogens is 2. The third-order valence-electron chi connectivity index (χ3n) is 6.33. The molecule has 1 saturated heterocycles. The molecule has 3 aromatic carbocycles. The zero-order valence-electron chi connectivity index (χ0n) is 19.1. The first kappa shape index (κ1) is 22.3. The zero-order valence-corrected chi connectivity index (χ0v) is 19.1. The number of aryl methyl sites for hydroxylation is 1. The molecule has 9 nitrogen and oxygen atoms in total. The van der Waals surface area contributed by atoms with Gasteiger partial charge >= 0.3 is 0 Å². The van der Waals surface area contributed by atoms with E-state index in [-0.39, 0.29) is 17.3 Å². The predicted molar refractivity (Wildman–Crippen MR) is 133 cm³/mol. The summed E-state index contributed by atoms with van der Waals surface area (Å²) in [4.78, 5) is 41.1. The quantitative estimate of drug-likeness (QED) is 0.335. The Morgan fingerprint density at radius 3 is 2.26 bits per heavy atom. The van der Waals surface area contributed by atoms with E-state index in [1.165, 1.54) is 6.07 Å². The van der Waals surface area contributed by atoms with Crippen molar-refractivity contribution in [1.82, 2.24) is 14.7 Å². The minimum atomic E-state index is -0.506. The average Bonchev–Trinajstić information content (AvgIpc) is 2.90. The highest BCUT2D eigenvalue weighted by atomic mass is 16.6. The van der Waals surface area contributed by atoms with Gasteiger partial charge in [0.05, 0.1) is 16.0 Å². The van der Waals surface area contributed by atoms with Gasteiger partial charge in [0, 0.05) is 48.9 Å². The number of rotatable bonds is 4. The molecular formula is C26H23N5O4. The number of nitro groups is 1. The fourth-order valence-corrected chi connectivity index (χ4v) is 4.48. The Bertz CT molecular complexity index is 1490. The van der Waals surface area contributed by atoms with Crippen molar-refractivity contribution < 1.29 is 9.72 Å². The van der Waals surface area contributed by atoms with Crippen LogP contribution >= 0.6 is 0 Å². The van der Waals surface area contributed by atoms with Crippen molar-refractivity contribution in [2.24, 2.45) is 0 Å². The first-order valence-corrected chi connectivity index (χ1v) is 11.3. The first-order valence-electron chi connectivity index (χ1n) is 11.3. The van der Waals surface area contributed by atoms with E-state index in [4.69, 9.17) is 0 Å². The van der Waals surface area contributed by atoms with Crippen LogP contribution in [-0.4, -0.2) is 51.7 Å². The lowest BCUT2D eigenvalue weighted by atomic mass is 10.1. The largest absolute Gasteiger partial charge is 0.368 e. The van der Waals surface area contributed by atoms with Gasteiger partial charge in [0.1, 0.15) is 5.69 Å². The van der Waals surface area contributed by atoms with Crippen LogP contribution < -0.4 is 10.5 Å². The molecule has 176 valence electrons. The Morgan fingerprint density at radius 1 is 0.914 bits per heavy atom. The van der Waals surface area contributed by atoms with Gasteiger partial charge in [-0.05, 0) is 37.3 Å². The smallest absolute Gasteiger partial charge is 0.295 e. The molecule has 0 aliphatic carbocycles. The summed E-state index contributed by atoms with van der Waals surface area (Å²) in [6.07, 6.45) is 0. The van der Waals surface area contributed by atoms with E-state index < -0.39 is 10.5 Å². The first-order chi connectivity index (χ1) is 16.9. The summed E-state index contributed by atoms with van der Waals surface area (Å²) >= 11 is 0. The zero-order chi connectivity index (χ0) is 24.5. The number of anilines is 1. The van der Waals surface area contributed by atoms with E-state index in [2.05, 4.69) is 10.00 Å². The van der Waals surface area contributed by atoms with Crippen molar-refractivity contribution in [2.45, 2.75) is 6.92 Å². The highest BCUT2D eigenvalue weighted by Gasteiger charge is 2.25. The van der Waals surface area contributed by atoms with E-state index in [9.17, 15) is 19.7 Å². The number of carbonyl (C=O) groups is 1. The highest BCUT2D eigenvalue weighted by Crippen LogP contribution is 2.29. The van der Waals surface area contributed by atoms with Crippen molar-refractivity contribution in [3.63, 3.8) is 0 Å². The molecule has 0 radical (unpaired) electrons. The second-order valence-corrected chi connectivity index (χ2v) is 8.42. The number of hydrogen-bond donors (Lipinski definition) is 0. The van der Waals surface area contributed by atoms with Crippen LogP contribution in [0.2, 0.25) is 0 Å². The van der Waals surface area contributed by atoms with Crippen molar-refractivity contribution in [3.8, 4) is 5.69 Å². The van der Waals surface area contributed by atoms with E-state index in [0.29, 0.717) is 48.2 Å². The minimum absolute atomic E-state index is 0.0166.